The average molecular weight is 373 g/mol. The Labute approximate surface area is 160 Å². The maximum atomic E-state index is 13.0. The number of rotatable bonds is 7. The highest BCUT2D eigenvalue weighted by Gasteiger charge is 2.26. The van der Waals surface area contributed by atoms with E-state index in [2.05, 4.69) is 5.32 Å². The van der Waals surface area contributed by atoms with Gasteiger partial charge in [-0.25, -0.2) is 0 Å². The molecule has 0 saturated carbocycles. The topological polar surface area (TPSA) is 49.4 Å². The third-order valence-electron chi connectivity index (χ3n) is 4.42. The van der Waals surface area contributed by atoms with E-state index in [1.54, 1.807) is 17.9 Å². The van der Waals surface area contributed by atoms with Crippen molar-refractivity contribution in [3.63, 3.8) is 0 Å². The van der Waals surface area contributed by atoms with Gasteiger partial charge in [-0.3, -0.25) is 9.59 Å². The Morgan fingerprint density at radius 3 is 2.31 bits per heavy atom. The van der Waals surface area contributed by atoms with Crippen LogP contribution in [0, 0.1) is 6.92 Å². The molecule has 1 N–H and O–H groups in total. The number of hydrogen-bond donors (Lipinski definition) is 1. The molecular weight excluding hydrogens is 348 g/mol. The van der Waals surface area contributed by atoms with Crippen molar-refractivity contribution in [3.05, 3.63) is 70.2 Å². The minimum Gasteiger partial charge on any atom is -0.355 e. The molecule has 26 heavy (non-hydrogen) atoms. The fourth-order valence-corrected chi connectivity index (χ4v) is 2.98. The zero-order chi connectivity index (χ0) is 19.1. The molecule has 0 saturated heterocycles. The van der Waals surface area contributed by atoms with Gasteiger partial charge in [0.1, 0.15) is 6.04 Å². The van der Waals surface area contributed by atoms with Crippen LogP contribution in [0.5, 0.6) is 0 Å². The molecule has 0 aliphatic carbocycles. The summed E-state index contributed by atoms with van der Waals surface area (Å²) in [7, 11) is 0. The highest BCUT2D eigenvalue weighted by atomic mass is 35.5. The van der Waals surface area contributed by atoms with Gasteiger partial charge in [0.05, 0.1) is 6.42 Å². The van der Waals surface area contributed by atoms with Gasteiger partial charge < -0.3 is 10.2 Å². The Hall–Kier alpha value is -2.33. The van der Waals surface area contributed by atoms with Crippen molar-refractivity contribution in [1.29, 1.82) is 0 Å². The summed E-state index contributed by atoms with van der Waals surface area (Å²) in [5.74, 6) is -0.268. The predicted octanol–water partition coefficient (Wildman–Crippen LogP) is 3.74. The summed E-state index contributed by atoms with van der Waals surface area (Å²) in [5, 5.41) is 3.38. The van der Waals surface area contributed by atoms with Crippen LogP contribution in [0.25, 0.3) is 0 Å². The summed E-state index contributed by atoms with van der Waals surface area (Å²) < 4.78 is 0. The number of halogens is 1. The third kappa shape index (κ3) is 5.09. The second-order valence-corrected chi connectivity index (χ2v) is 6.69. The minimum absolute atomic E-state index is 0.0991. The Kier molecular flexibility index (Phi) is 7.22. The Bertz CT molecular complexity index is 776. The molecule has 2 aromatic rings. The molecule has 0 bridgehead atoms. The lowest BCUT2D eigenvalue weighted by atomic mass is 10.0. The molecule has 0 aliphatic rings. The SMILES string of the molecule is CCNC(=O)C(C)N(Cc1ccccc1Cl)C(=O)Cc1ccccc1C. The maximum absolute atomic E-state index is 13.0. The molecular formula is C21H25ClN2O2. The summed E-state index contributed by atoms with van der Waals surface area (Å²) in [6.45, 7) is 6.40. The largest absolute Gasteiger partial charge is 0.355 e. The van der Waals surface area contributed by atoms with Crippen molar-refractivity contribution in [2.24, 2.45) is 0 Å². The van der Waals surface area contributed by atoms with Gasteiger partial charge in [-0.2, -0.15) is 0 Å². The normalized spacial score (nSPS) is 11.7. The molecule has 5 heteroatoms. The van der Waals surface area contributed by atoms with Gasteiger partial charge in [0, 0.05) is 18.1 Å². The summed E-state index contributed by atoms with van der Waals surface area (Å²) >= 11 is 6.27. The second-order valence-electron chi connectivity index (χ2n) is 6.29. The van der Waals surface area contributed by atoms with Crippen molar-refractivity contribution in [2.75, 3.05) is 6.54 Å². The zero-order valence-electron chi connectivity index (χ0n) is 15.5. The van der Waals surface area contributed by atoms with Crippen LogP contribution in [0.15, 0.2) is 48.5 Å². The molecule has 1 unspecified atom stereocenters. The van der Waals surface area contributed by atoms with E-state index in [0.717, 1.165) is 16.7 Å². The lowest BCUT2D eigenvalue weighted by Gasteiger charge is -2.29. The Balaban J connectivity index is 2.27. The summed E-state index contributed by atoms with van der Waals surface area (Å²) in [5.41, 5.74) is 2.84. The average Bonchev–Trinajstić information content (AvgIpc) is 2.62. The zero-order valence-corrected chi connectivity index (χ0v) is 16.2. The number of nitrogens with one attached hydrogen (secondary N) is 1. The summed E-state index contributed by atoms with van der Waals surface area (Å²) in [6, 6.07) is 14.6. The van der Waals surface area contributed by atoms with E-state index in [1.807, 2.05) is 56.3 Å². The van der Waals surface area contributed by atoms with Crippen LogP contribution < -0.4 is 5.32 Å². The second kappa shape index (κ2) is 9.39. The van der Waals surface area contributed by atoms with Crippen molar-refractivity contribution in [2.45, 2.75) is 39.8 Å². The monoisotopic (exact) mass is 372 g/mol. The molecule has 0 aliphatic heterocycles. The van der Waals surface area contributed by atoms with Crippen molar-refractivity contribution in [1.82, 2.24) is 10.2 Å². The summed E-state index contributed by atoms with van der Waals surface area (Å²) in [6.07, 6.45) is 0.251. The van der Waals surface area contributed by atoms with Gasteiger partial charge in [0.15, 0.2) is 0 Å². The predicted molar refractivity (Wildman–Crippen MR) is 105 cm³/mol. The number of nitrogens with zero attached hydrogens (tertiary/aromatic N) is 1. The first-order chi connectivity index (χ1) is 12.4. The molecule has 0 radical (unpaired) electrons. The van der Waals surface area contributed by atoms with E-state index in [9.17, 15) is 9.59 Å². The van der Waals surface area contributed by atoms with Gasteiger partial charge in [0.2, 0.25) is 11.8 Å². The molecule has 4 nitrogen and oxygen atoms in total. The standard InChI is InChI=1S/C21H25ClN2O2/c1-4-23-21(26)16(3)24(14-18-11-7-8-12-19(18)22)20(25)13-17-10-6-5-9-15(17)2/h5-12,16H,4,13-14H2,1-3H3,(H,23,26). The van der Waals surface area contributed by atoms with E-state index >= 15 is 0 Å². The smallest absolute Gasteiger partial charge is 0.242 e. The van der Waals surface area contributed by atoms with Crippen LogP contribution in [0.4, 0.5) is 0 Å². The number of amides is 2. The first-order valence-electron chi connectivity index (χ1n) is 8.79. The van der Waals surface area contributed by atoms with Crippen LogP contribution in [0.1, 0.15) is 30.5 Å². The number of benzene rings is 2. The molecule has 0 heterocycles. The van der Waals surface area contributed by atoms with Crippen molar-refractivity contribution < 1.29 is 9.59 Å². The Morgan fingerprint density at radius 1 is 1.08 bits per heavy atom. The summed E-state index contributed by atoms with van der Waals surface area (Å²) in [4.78, 5) is 27.0. The van der Waals surface area contributed by atoms with Crippen LogP contribution in [0.2, 0.25) is 5.02 Å². The van der Waals surface area contributed by atoms with Gasteiger partial charge in [-0.05, 0) is 43.5 Å². The van der Waals surface area contributed by atoms with Crippen LogP contribution in [-0.2, 0) is 22.6 Å². The highest BCUT2D eigenvalue weighted by molar-refractivity contribution is 6.31. The lowest BCUT2D eigenvalue weighted by molar-refractivity contribution is -0.140. The Morgan fingerprint density at radius 2 is 1.69 bits per heavy atom. The molecule has 138 valence electrons. The van der Waals surface area contributed by atoms with Gasteiger partial charge in [0.25, 0.3) is 0 Å². The molecule has 2 aromatic carbocycles. The number of carbonyl (C=O) groups is 2. The van der Waals surface area contributed by atoms with Gasteiger partial charge in [-0.1, -0.05) is 54.1 Å². The quantitative estimate of drug-likeness (QED) is 0.804. The molecule has 2 rings (SSSR count). The molecule has 2 amide bonds. The fourth-order valence-electron chi connectivity index (χ4n) is 2.79. The van der Waals surface area contributed by atoms with E-state index in [1.165, 1.54) is 0 Å². The van der Waals surface area contributed by atoms with E-state index in [-0.39, 0.29) is 18.2 Å². The maximum Gasteiger partial charge on any atom is 0.242 e. The van der Waals surface area contributed by atoms with Crippen LogP contribution >= 0.6 is 11.6 Å². The van der Waals surface area contributed by atoms with E-state index in [4.69, 9.17) is 11.6 Å². The first kappa shape index (κ1) is 20.0. The van der Waals surface area contributed by atoms with E-state index in [0.29, 0.717) is 18.1 Å². The van der Waals surface area contributed by atoms with Gasteiger partial charge >= 0.3 is 0 Å². The first-order valence-corrected chi connectivity index (χ1v) is 9.17. The minimum atomic E-state index is -0.581. The van der Waals surface area contributed by atoms with Crippen LogP contribution in [0.3, 0.4) is 0 Å². The third-order valence-corrected chi connectivity index (χ3v) is 4.79. The van der Waals surface area contributed by atoms with E-state index < -0.39 is 6.04 Å². The van der Waals surface area contributed by atoms with Crippen molar-refractivity contribution >= 4 is 23.4 Å². The van der Waals surface area contributed by atoms with Crippen molar-refractivity contribution in [3.8, 4) is 0 Å². The highest BCUT2D eigenvalue weighted by Crippen LogP contribution is 2.20. The van der Waals surface area contributed by atoms with Gasteiger partial charge in [-0.15, -0.1) is 0 Å². The number of hydrogen-bond acceptors (Lipinski definition) is 2. The lowest BCUT2D eigenvalue weighted by Crippen LogP contribution is -2.48. The van der Waals surface area contributed by atoms with Crippen LogP contribution in [-0.4, -0.2) is 29.3 Å². The number of carbonyl (C=O) groups excluding carboxylic acids is 2. The molecule has 0 spiro atoms. The number of aryl methyl sites for hydroxylation is 1. The number of likely N-dealkylation sites (N-methyl/N-ethyl adjacent to an activating group) is 1. The molecule has 0 aromatic heterocycles. The molecule has 0 fully saturated rings. The molecule has 1 atom stereocenters. The fraction of sp³-hybridized carbons (Fsp3) is 0.333.